The quantitative estimate of drug-likeness (QED) is 0.646. The highest BCUT2D eigenvalue weighted by atomic mass is 35.5. The Labute approximate surface area is 86.3 Å². The molecular weight excluding hydrogens is 205 g/mol. The normalized spacial score (nSPS) is 10.7. The summed E-state index contributed by atoms with van der Waals surface area (Å²) in [4.78, 5) is 4.33. The summed E-state index contributed by atoms with van der Waals surface area (Å²) in [5.41, 5.74) is 1.81. The molecule has 0 aliphatic rings. The highest BCUT2D eigenvalue weighted by molar-refractivity contribution is 6.38. The Morgan fingerprint density at radius 3 is 2.69 bits per heavy atom. The van der Waals surface area contributed by atoms with Gasteiger partial charge in [-0.15, -0.1) is 0 Å². The second kappa shape index (κ2) is 3.17. The van der Waals surface area contributed by atoms with Crippen molar-refractivity contribution >= 4 is 34.1 Å². The molecule has 2 aromatic rings. The Kier molecular flexibility index (Phi) is 2.14. The van der Waals surface area contributed by atoms with Gasteiger partial charge in [0.2, 0.25) is 0 Å². The third-order valence-corrected chi connectivity index (χ3v) is 2.39. The van der Waals surface area contributed by atoms with Crippen LogP contribution in [0.2, 0.25) is 10.0 Å². The van der Waals surface area contributed by atoms with Crippen molar-refractivity contribution in [2.24, 2.45) is 0 Å². The molecule has 3 heteroatoms. The second-order valence-corrected chi connectivity index (χ2v) is 3.75. The third-order valence-electron chi connectivity index (χ3n) is 1.86. The zero-order chi connectivity index (χ0) is 9.42. The van der Waals surface area contributed by atoms with Crippen molar-refractivity contribution in [3.05, 3.63) is 40.0 Å². The van der Waals surface area contributed by atoms with E-state index in [1.54, 1.807) is 6.07 Å². The molecule has 2 rings (SSSR count). The first-order valence-electron chi connectivity index (χ1n) is 3.89. The Hall–Kier alpha value is -0.790. The lowest BCUT2D eigenvalue weighted by Gasteiger charge is -2.01. The van der Waals surface area contributed by atoms with Gasteiger partial charge in [0.15, 0.2) is 0 Å². The lowest BCUT2D eigenvalue weighted by Crippen LogP contribution is -1.83. The van der Waals surface area contributed by atoms with Crippen molar-refractivity contribution in [1.82, 2.24) is 4.98 Å². The second-order valence-electron chi connectivity index (χ2n) is 2.91. The molecule has 0 saturated carbocycles. The van der Waals surface area contributed by atoms with Crippen LogP contribution in [0.5, 0.6) is 0 Å². The average Bonchev–Trinajstić information content (AvgIpc) is 2.02. The summed E-state index contributed by atoms with van der Waals surface area (Å²) in [6.07, 6.45) is 0. The van der Waals surface area contributed by atoms with Crippen LogP contribution in [0.3, 0.4) is 0 Å². The SMILES string of the molecule is Cc1ccc2c(Cl)cc(Cl)cc2n1. The summed E-state index contributed by atoms with van der Waals surface area (Å²) in [6.45, 7) is 1.94. The highest BCUT2D eigenvalue weighted by Gasteiger charge is 2.01. The predicted octanol–water partition coefficient (Wildman–Crippen LogP) is 3.85. The Morgan fingerprint density at radius 2 is 1.92 bits per heavy atom. The van der Waals surface area contributed by atoms with E-state index < -0.39 is 0 Å². The maximum absolute atomic E-state index is 5.99. The Balaban J connectivity index is 2.86. The number of halogens is 2. The van der Waals surface area contributed by atoms with Gasteiger partial charge in [-0.2, -0.15) is 0 Å². The molecular formula is C10H7Cl2N. The Morgan fingerprint density at radius 1 is 1.15 bits per heavy atom. The van der Waals surface area contributed by atoms with Gasteiger partial charge in [-0.25, -0.2) is 0 Å². The van der Waals surface area contributed by atoms with Gasteiger partial charge in [-0.1, -0.05) is 23.2 Å². The van der Waals surface area contributed by atoms with E-state index in [2.05, 4.69) is 4.98 Å². The van der Waals surface area contributed by atoms with E-state index in [1.165, 1.54) is 0 Å². The van der Waals surface area contributed by atoms with E-state index in [0.29, 0.717) is 10.0 Å². The van der Waals surface area contributed by atoms with E-state index >= 15 is 0 Å². The molecule has 0 aliphatic carbocycles. The van der Waals surface area contributed by atoms with Crippen LogP contribution in [0.15, 0.2) is 24.3 Å². The van der Waals surface area contributed by atoms with Gasteiger partial charge in [-0.3, -0.25) is 4.98 Å². The monoisotopic (exact) mass is 211 g/mol. The molecule has 13 heavy (non-hydrogen) atoms. The molecule has 0 bridgehead atoms. The molecule has 0 fully saturated rings. The molecule has 0 saturated heterocycles. The van der Waals surface area contributed by atoms with Crippen LogP contribution in [0.1, 0.15) is 5.69 Å². The molecule has 0 unspecified atom stereocenters. The summed E-state index contributed by atoms with van der Waals surface area (Å²) in [7, 11) is 0. The number of fused-ring (bicyclic) bond motifs is 1. The molecule has 1 nitrogen and oxygen atoms in total. The van der Waals surface area contributed by atoms with Gasteiger partial charge in [0, 0.05) is 16.1 Å². The van der Waals surface area contributed by atoms with E-state index in [1.807, 2.05) is 25.1 Å². The first-order chi connectivity index (χ1) is 6.16. The number of benzene rings is 1. The van der Waals surface area contributed by atoms with Gasteiger partial charge in [0.05, 0.1) is 10.5 Å². The number of pyridine rings is 1. The zero-order valence-corrected chi connectivity index (χ0v) is 8.52. The minimum absolute atomic E-state index is 0.621. The highest BCUT2D eigenvalue weighted by Crippen LogP contribution is 2.26. The van der Waals surface area contributed by atoms with E-state index in [9.17, 15) is 0 Å². The fourth-order valence-electron chi connectivity index (χ4n) is 1.26. The van der Waals surface area contributed by atoms with Crippen LogP contribution < -0.4 is 0 Å². The van der Waals surface area contributed by atoms with Crippen molar-refractivity contribution in [3.8, 4) is 0 Å². The number of rotatable bonds is 0. The lowest BCUT2D eigenvalue weighted by atomic mass is 10.2. The zero-order valence-electron chi connectivity index (χ0n) is 7.01. The smallest absolute Gasteiger partial charge is 0.0734 e. The van der Waals surface area contributed by atoms with E-state index in [0.717, 1.165) is 16.6 Å². The maximum Gasteiger partial charge on any atom is 0.0734 e. The molecule has 0 amide bonds. The van der Waals surface area contributed by atoms with Crippen LogP contribution in [0.4, 0.5) is 0 Å². The topological polar surface area (TPSA) is 12.9 Å². The molecule has 0 radical (unpaired) electrons. The molecule has 0 N–H and O–H groups in total. The van der Waals surface area contributed by atoms with Gasteiger partial charge in [-0.05, 0) is 31.2 Å². The van der Waals surface area contributed by atoms with E-state index in [-0.39, 0.29) is 0 Å². The third kappa shape index (κ3) is 1.62. The summed E-state index contributed by atoms with van der Waals surface area (Å²) in [6, 6.07) is 7.43. The van der Waals surface area contributed by atoms with E-state index in [4.69, 9.17) is 23.2 Å². The lowest BCUT2D eigenvalue weighted by molar-refractivity contribution is 1.26. The number of nitrogens with zero attached hydrogens (tertiary/aromatic N) is 1. The Bertz CT molecular complexity index is 460. The van der Waals surface area contributed by atoms with Gasteiger partial charge < -0.3 is 0 Å². The van der Waals surface area contributed by atoms with Crippen molar-refractivity contribution < 1.29 is 0 Å². The summed E-state index contributed by atoms with van der Waals surface area (Å²) >= 11 is 11.8. The van der Waals surface area contributed by atoms with Crippen molar-refractivity contribution in [2.75, 3.05) is 0 Å². The average molecular weight is 212 g/mol. The van der Waals surface area contributed by atoms with Crippen LogP contribution in [-0.4, -0.2) is 4.98 Å². The first kappa shape index (κ1) is 8.79. The van der Waals surface area contributed by atoms with Gasteiger partial charge >= 0.3 is 0 Å². The molecule has 0 atom stereocenters. The summed E-state index contributed by atoms with van der Waals surface area (Å²) < 4.78 is 0. The number of hydrogen-bond donors (Lipinski definition) is 0. The number of aromatic nitrogens is 1. The molecule has 1 heterocycles. The number of hydrogen-bond acceptors (Lipinski definition) is 1. The molecule has 66 valence electrons. The van der Waals surface area contributed by atoms with Gasteiger partial charge in [0.25, 0.3) is 0 Å². The van der Waals surface area contributed by atoms with Crippen molar-refractivity contribution in [2.45, 2.75) is 6.92 Å². The first-order valence-corrected chi connectivity index (χ1v) is 4.65. The fraction of sp³-hybridized carbons (Fsp3) is 0.100. The molecule has 1 aromatic heterocycles. The summed E-state index contributed by atoms with van der Waals surface area (Å²) in [5.74, 6) is 0. The summed E-state index contributed by atoms with van der Waals surface area (Å²) in [5, 5.41) is 2.21. The number of aryl methyl sites for hydroxylation is 1. The molecule has 1 aromatic carbocycles. The van der Waals surface area contributed by atoms with Crippen LogP contribution in [0, 0.1) is 6.92 Å². The van der Waals surface area contributed by atoms with Crippen molar-refractivity contribution in [1.29, 1.82) is 0 Å². The maximum atomic E-state index is 5.99. The molecule has 0 aliphatic heterocycles. The standard InChI is InChI=1S/C10H7Cl2N/c1-6-2-3-8-9(12)4-7(11)5-10(8)13-6/h2-5H,1H3. The molecule has 0 spiro atoms. The van der Waals surface area contributed by atoms with Crippen LogP contribution >= 0.6 is 23.2 Å². The largest absolute Gasteiger partial charge is 0.253 e. The van der Waals surface area contributed by atoms with Crippen molar-refractivity contribution in [3.63, 3.8) is 0 Å². The van der Waals surface area contributed by atoms with Gasteiger partial charge in [0.1, 0.15) is 0 Å². The van der Waals surface area contributed by atoms with Crippen LogP contribution in [-0.2, 0) is 0 Å². The minimum atomic E-state index is 0.621. The minimum Gasteiger partial charge on any atom is -0.253 e. The van der Waals surface area contributed by atoms with Crippen LogP contribution in [0.25, 0.3) is 10.9 Å². The predicted molar refractivity (Wildman–Crippen MR) is 56.5 cm³/mol. The fourth-order valence-corrected chi connectivity index (χ4v) is 1.81.